The van der Waals surface area contributed by atoms with Crippen molar-refractivity contribution < 1.29 is 14.2 Å². The summed E-state index contributed by atoms with van der Waals surface area (Å²) < 4.78 is 15.8. The van der Waals surface area contributed by atoms with E-state index >= 15 is 0 Å². The van der Waals surface area contributed by atoms with Crippen LogP contribution >= 0.6 is 0 Å². The van der Waals surface area contributed by atoms with E-state index in [1.807, 2.05) is 0 Å². The summed E-state index contributed by atoms with van der Waals surface area (Å²) in [6.45, 7) is 77.1. The normalized spacial score (nSPS) is 25.8. The fourth-order valence-electron chi connectivity index (χ4n) is 13.7. The van der Waals surface area contributed by atoms with Crippen LogP contribution in [0, 0.1) is 65.1 Å². The van der Waals surface area contributed by atoms with Gasteiger partial charge in [-0.1, -0.05) is 110 Å². The van der Waals surface area contributed by atoms with E-state index in [-0.39, 0.29) is 0 Å². The molecule has 0 amide bonds. The standard InChI is InChI=1S/4C8H17N.C7H16N2.C7H15NO.2C7H15N.2C7H14O.C6H13N/c1-7(2)8-3-5-9-6-4-8;1-7(2)8-4-3-5-9-6-8;1-8(2)9-6-4-3-5-7-9;1-7(2)8-5-3-4-6-9-8;1-7(2)9-5-3-8-4-6-9;1-7(2)8-3-5-9-6-4-8;1-7(2)8-5-3-4-6-8;1-6(2)7-4-3-5-8-7;1-6(2)7-3-4-8-5-7;1-6(2)7-4-3-5-8-7;1-5(2)6-3-7-4-6/h2*7-9H,3-6H2,1-2H3;8H,3-7H2,1-2H3;7-9H,3-6H2,1-2H3;7-8H,3-6H2,1-2H3;7H,3-6H2,1-2H3;7H,3-6H2,1-2H3;6-8H,3-5H2,1-2H3;2*6-7H,3-5H2,1-2H3;5-7H,3-4H2,1-2H3. The third-order valence-electron chi connectivity index (χ3n) is 21.7. The van der Waals surface area contributed by atoms with E-state index in [1.165, 1.54) is 201 Å². The highest BCUT2D eigenvalue weighted by molar-refractivity contribution is 4.79. The molecular weight excluding hydrogens is 1150 g/mol. The molecule has 0 aromatic rings. The highest BCUT2D eigenvalue weighted by atomic mass is 16.5. The molecule has 0 spiro atoms. The molecule has 0 radical (unpaired) electrons. The maximum Gasteiger partial charge on any atom is 0.0598 e. The van der Waals surface area contributed by atoms with Gasteiger partial charge < -0.3 is 55.9 Å². The van der Waals surface area contributed by atoms with Crippen molar-refractivity contribution in [2.45, 2.75) is 304 Å². The first kappa shape index (κ1) is 90.5. The van der Waals surface area contributed by atoms with E-state index < -0.39 is 0 Å². The molecule has 0 aromatic heterocycles. The number of likely N-dealkylation sites (tertiary alicyclic amines) is 2. The van der Waals surface area contributed by atoms with Gasteiger partial charge in [0, 0.05) is 95.3 Å². The molecule has 11 heterocycles. The summed E-state index contributed by atoms with van der Waals surface area (Å²) in [5, 5.41) is 20.3. The molecule has 0 bridgehead atoms. The lowest BCUT2D eigenvalue weighted by molar-refractivity contribution is 0.0238. The first-order valence-corrected chi connectivity index (χ1v) is 40.4. The summed E-state index contributed by atoms with van der Waals surface area (Å²) >= 11 is 0. The molecule has 11 aliphatic heterocycles. The highest BCUT2D eigenvalue weighted by Gasteiger charge is 2.23. The van der Waals surface area contributed by atoms with Crippen LogP contribution in [0.15, 0.2) is 0 Å². The van der Waals surface area contributed by atoms with Crippen molar-refractivity contribution in [1.29, 1.82) is 0 Å². The lowest BCUT2D eigenvalue weighted by Crippen LogP contribution is -2.46. The number of ether oxygens (including phenoxy) is 3. The Kier molecular flexibility index (Phi) is 55.6. The Bertz CT molecular complexity index is 1300. The Morgan fingerprint density at radius 1 is 0.269 bits per heavy atom. The van der Waals surface area contributed by atoms with Gasteiger partial charge in [0.25, 0.3) is 0 Å². The Morgan fingerprint density at radius 2 is 0.710 bits per heavy atom. The predicted octanol–water partition coefficient (Wildman–Crippen LogP) is 15.2. The van der Waals surface area contributed by atoms with Crippen molar-refractivity contribution in [1.82, 2.24) is 51.5 Å². The minimum atomic E-state index is 0.565. The van der Waals surface area contributed by atoms with Gasteiger partial charge in [0.2, 0.25) is 0 Å². The van der Waals surface area contributed by atoms with Gasteiger partial charge in [-0.05, 0) is 295 Å². The van der Waals surface area contributed by atoms with Crippen LogP contribution in [0.5, 0.6) is 0 Å². The SMILES string of the molecule is CC(C)C1CCCCN1.CC(C)C1CCCN1.CC(C)C1CCCNC1.CC(C)C1CCCO1.CC(C)C1CCNCC1.CC(C)C1CCOC1.CC(C)C1CNC1.CC(C)N1CCCC1.CC(C)N1CCCCC1.CC(C)N1CCNCC1.CC(C)N1CCOCC1. The molecule has 13 nitrogen and oxygen atoms in total. The largest absolute Gasteiger partial charge is 0.381 e. The monoisotopic (exact) mass is 1320 g/mol. The van der Waals surface area contributed by atoms with Crippen LogP contribution in [0.1, 0.15) is 261 Å². The third-order valence-corrected chi connectivity index (χ3v) is 21.7. The van der Waals surface area contributed by atoms with Gasteiger partial charge >= 0.3 is 0 Å². The Balaban J connectivity index is 0.000000512. The molecule has 6 N–H and O–H groups in total. The van der Waals surface area contributed by atoms with Gasteiger partial charge in [-0.15, -0.1) is 0 Å². The van der Waals surface area contributed by atoms with Crippen LogP contribution in [-0.4, -0.2) is 213 Å². The van der Waals surface area contributed by atoms with Crippen LogP contribution < -0.4 is 31.9 Å². The lowest BCUT2D eigenvalue weighted by atomic mass is 9.87. The fourth-order valence-corrected chi connectivity index (χ4v) is 13.7. The number of hydrogen-bond donors (Lipinski definition) is 6. The Morgan fingerprint density at radius 3 is 0.978 bits per heavy atom. The van der Waals surface area contributed by atoms with Crippen molar-refractivity contribution >= 4 is 0 Å². The second kappa shape index (κ2) is 57.1. The van der Waals surface area contributed by atoms with Crippen LogP contribution in [0.3, 0.4) is 0 Å². The third kappa shape index (κ3) is 46.5. The van der Waals surface area contributed by atoms with E-state index in [1.54, 1.807) is 0 Å². The molecule has 11 rings (SSSR count). The van der Waals surface area contributed by atoms with Crippen molar-refractivity contribution in [3.05, 3.63) is 0 Å². The molecule has 558 valence electrons. The molecule has 13 heteroatoms. The topological polar surface area (TPSA) is 113 Å². The number of hydrogen-bond acceptors (Lipinski definition) is 13. The van der Waals surface area contributed by atoms with Crippen molar-refractivity contribution in [3.63, 3.8) is 0 Å². The van der Waals surface area contributed by atoms with E-state index in [4.69, 9.17) is 14.2 Å². The fraction of sp³-hybridized carbons (Fsp3) is 1.00. The number of piperidine rings is 4. The van der Waals surface area contributed by atoms with Crippen LogP contribution in [0.4, 0.5) is 0 Å². The predicted molar refractivity (Wildman–Crippen MR) is 410 cm³/mol. The first-order valence-electron chi connectivity index (χ1n) is 40.4. The van der Waals surface area contributed by atoms with E-state index in [0.717, 1.165) is 155 Å². The zero-order valence-electron chi connectivity index (χ0n) is 66.7. The van der Waals surface area contributed by atoms with Gasteiger partial charge in [-0.25, -0.2) is 0 Å². The summed E-state index contributed by atoms with van der Waals surface area (Å²) in [7, 11) is 0. The summed E-state index contributed by atoms with van der Waals surface area (Å²) in [4.78, 5) is 10.0. The molecule has 0 saturated carbocycles. The number of nitrogens with one attached hydrogen (secondary N) is 6. The number of rotatable bonds is 11. The van der Waals surface area contributed by atoms with Crippen LogP contribution in [0.25, 0.3) is 0 Å². The Hall–Kier alpha value is -0.520. The van der Waals surface area contributed by atoms with Crippen molar-refractivity contribution in [3.8, 4) is 0 Å². The molecule has 5 atom stereocenters. The highest BCUT2D eigenvalue weighted by Crippen LogP contribution is 2.23. The molecule has 5 unspecified atom stereocenters. The van der Waals surface area contributed by atoms with Gasteiger partial charge in [0.15, 0.2) is 0 Å². The maximum atomic E-state index is 5.41. The lowest BCUT2D eigenvalue weighted by Gasteiger charge is -2.30. The molecule has 93 heavy (non-hydrogen) atoms. The molecule has 0 aliphatic carbocycles. The second-order valence-corrected chi connectivity index (χ2v) is 32.9. The summed E-state index contributed by atoms with van der Waals surface area (Å²) in [5.41, 5.74) is 0. The zero-order valence-corrected chi connectivity index (χ0v) is 66.7. The first-order chi connectivity index (χ1) is 44.3. The van der Waals surface area contributed by atoms with Crippen molar-refractivity contribution in [2.75, 3.05) is 151 Å². The van der Waals surface area contributed by atoms with Gasteiger partial charge in [-0.3, -0.25) is 9.80 Å². The van der Waals surface area contributed by atoms with Gasteiger partial charge in [0.05, 0.1) is 19.3 Å². The van der Waals surface area contributed by atoms with Gasteiger partial charge in [-0.2, -0.15) is 0 Å². The van der Waals surface area contributed by atoms with Crippen molar-refractivity contribution in [2.24, 2.45) is 65.1 Å². The smallest absolute Gasteiger partial charge is 0.0598 e. The number of piperazine rings is 1. The zero-order chi connectivity index (χ0) is 69.3. The number of morpholine rings is 1. The number of nitrogens with zero attached hydrogens (tertiary/aromatic N) is 4. The quantitative estimate of drug-likeness (QED) is 0.118. The summed E-state index contributed by atoms with van der Waals surface area (Å²) in [6.07, 6.45) is 24.0. The van der Waals surface area contributed by atoms with Gasteiger partial charge in [0.1, 0.15) is 0 Å². The van der Waals surface area contributed by atoms with E-state index in [2.05, 4.69) is 204 Å². The van der Waals surface area contributed by atoms with E-state index in [9.17, 15) is 0 Å². The maximum absolute atomic E-state index is 5.41. The molecule has 0 aromatic carbocycles. The Labute approximate surface area is 582 Å². The minimum absolute atomic E-state index is 0.565. The average Bonchev–Trinajstić information content (AvgIpc) is 4.08. The molecule has 11 fully saturated rings. The second-order valence-electron chi connectivity index (χ2n) is 32.9. The molecular formula is C80H170N10O3. The summed E-state index contributed by atoms with van der Waals surface area (Å²) in [6, 6.07) is 4.58. The van der Waals surface area contributed by atoms with Crippen LogP contribution in [0.2, 0.25) is 0 Å². The molecule has 11 saturated heterocycles. The summed E-state index contributed by atoms with van der Waals surface area (Å²) in [5.74, 6) is 9.60. The minimum Gasteiger partial charge on any atom is -0.381 e. The molecule has 11 aliphatic rings. The van der Waals surface area contributed by atoms with E-state index in [0.29, 0.717) is 12.1 Å². The van der Waals surface area contributed by atoms with Crippen LogP contribution in [-0.2, 0) is 14.2 Å². The average molecular weight is 1320 g/mol.